The number of hydrazone groups is 1. The fourth-order valence-corrected chi connectivity index (χ4v) is 5.91. The summed E-state index contributed by atoms with van der Waals surface area (Å²) in [6.45, 7) is 12.2. The summed E-state index contributed by atoms with van der Waals surface area (Å²) >= 11 is 7.88. The maximum absolute atomic E-state index is 13.4. The van der Waals surface area contributed by atoms with E-state index in [0.29, 0.717) is 37.0 Å². The van der Waals surface area contributed by atoms with Crippen LogP contribution in [0.15, 0.2) is 40.9 Å². The maximum atomic E-state index is 13.4. The molecule has 1 saturated heterocycles. The van der Waals surface area contributed by atoms with Crippen LogP contribution in [0.2, 0.25) is 5.02 Å². The van der Waals surface area contributed by atoms with Crippen LogP contribution in [0.1, 0.15) is 45.7 Å². The van der Waals surface area contributed by atoms with Crippen molar-refractivity contribution in [2.45, 2.75) is 33.2 Å². The number of aliphatic imine (C=N–C) groups is 1. The molecular formula is C25H26ClN7OS. The molecule has 3 aromatic rings. The van der Waals surface area contributed by atoms with Gasteiger partial charge in [-0.05, 0) is 45.0 Å². The van der Waals surface area contributed by atoms with Crippen LogP contribution in [0, 0.1) is 20.8 Å². The summed E-state index contributed by atoms with van der Waals surface area (Å²) in [4.78, 5) is 21.7. The van der Waals surface area contributed by atoms with Gasteiger partial charge in [0, 0.05) is 40.0 Å². The minimum Gasteiger partial charge on any atom is -0.339 e. The summed E-state index contributed by atoms with van der Waals surface area (Å²) in [7, 11) is 0. The Hall–Kier alpha value is -3.26. The van der Waals surface area contributed by atoms with E-state index in [9.17, 15) is 4.79 Å². The number of carbonyl (C=O) groups is 1. The molecule has 0 radical (unpaired) electrons. The quantitative estimate of drug-likeness (QED) is 0.498. The number of aryl methyl sites for hydroxylation is 2. The molecule has 0 aliphatic carbocycles. The fraction of sp³-hybridized carbons (Fsp3) is 0.360. The van der Waals surface area contributed by atoms with Crippen molar-refractivity contribution in [1.29, 1.82) is 0 Å². The Bertz CT molecular complexity index is 1360. The second kappa shape index (κ2) is 9.41. The third-order valence-electron chi connectivity index (χ3n) is 6.55. The van der Waals surface area contributed by atoms with Crippen molar-refractivity contribution in [2.24, 2.45) is 10.1 Å². The molecule has 2 aromatic heterocycles. The first kappa shape index (κ1) is 23.5. The van der Waals surface area contributed by atoms with Crippen molar-refractivity contribution >= 4 is 40.4 Å². The monoisotopic (exact) mass is 507 g/mol. The van der Waals surface area contributed by atoms with Crippen LogP contribution in [0.5, 0.6) is 0 Å². The van der Waals surface area contributed by atoms with Gasteiger partial charge in [0.05, 0.1) is 25.2 Å². The average molecular weight is 508 g/mol. The number of carbonyl (C=O) groups excluding carboxylic acids is 1. The molecule has 0 spiro atoms. The normalized spacial score (nSPS) is 17.3. The van der Waals surface area contributed by atoms with Gasteiger partial charge in [-0.2, -0.15) is 0 Å². The predicted octanol–water partition coefficient (Wildman–Crippen LogP) is 4.10. The number of fused-ring (bicyclic) bond motifs is 3. The zero-order chi connectivity index (χ0) is 24.7. The van der Waals surface area contributed by atoms with Crippen molar-refractivity contribution in [3.63, 3.8) is 0 Å². The highest BCUT2D eigenvalue weighted by molar-refractivity contribution is 7.15. The second-order valence-corrected chi connectivity index (χ2v) is 10.3. The molecule has 10 heteroatoms. The first-order valence-electron chi connectivity index (χ1n) is 11.5. The van der Waals surface area contributed by atoms with Crippen LogP contribution in [0.25, 0.3) is 5.00 Å². The lowest BCUT2D eigenvalue weighted by Gasteiger charge is -2.33. The highest BCUT2D eigenvalue weighted by Gasteiger charge is 2.33. The van der Waals surface area contributed by atoms with E-state index < -0.39 is 6.04 Å². The molecule has 1 aromatic carbocycles. The van der Waals surface area contributed by atoms with Crippen molar-refractivity contribution < 1.29 is 4.79 Å². The van der Waals surface area contributed by atoms with Gasteiger partial charge in [-0.15, -0.1) is 26.6 Å². The molecule has 1 atom stereocenters. The third kappa shape index (κ3) is 4.31. The molecular weight excluding hydrogens is 482 g/mol. The molecule has 0 saturated carbocycles. The summed E-state index contributed by atoms with van der Waals surface area (Å²) < 4.78 is 2.07. The van der Waals surface area contributed by atoms with Gasteiger partial charge >= 0.3 is 0 Å². The summed E-state index contributed by atoms with van der Waals surface area (Å²) in [5.41, 5.74) is 4.04. The van der Waals surface area contributed by atoms with Crippen LogP contribution in [0.4, 0.5) is 0 Å². The molecule has 5 rings (SSSR count). The summed E-state index contributed by atoms with van der Waals surface area (Å²) in [6, 6.07) is 7.24. The Morgan fingerprint density at radius 1 is 1.17 bits per heavy atom. The molecule has 0 bridgehead atoms. The zero-order valence-corrected chi connectivity index (χ0v) is 21.5. The molecule has 4 heterocycles. The van der Waals surface area contributed by atoms with Gasteiger partial charge in [0.1, 0.15) is 16.9 Å². The van der Waals surface area contributed by atoms with Crippen LogP contribution in [0.3, 0.4) is 0 Å². The molecule has 2 aliphatic heterocycles. The Kier molecular flexibility index (Phi) is 6.32. The van der Waals surface area contributed by atoms with Crippen molar-refractivity contribution in [2.75, 3.05) is 26.2 Å². The van der Waals surface area contributed by atoms with Gasteiger partial charge in [0.25, 0.3) is 0 Å². The lowest BCUT2D eigenvalue weighted by Crippen LogP contribution is -2.47. The largest absolute Gasteiger partial charge is 0.339 e. The number of nitrogens with zero attached hydrogens (tertiary/aromatic N) is 7. The molecule has 2 aliphatic rings. The van der Waals surface area contributed by atoms with Crippen LogP contribution < -0.4 is 0 Å². The van der Waals surface area contributed by atoms with Gasteiger partial charge in [0.2, 0.25) is 5.91 Å². The lowest BCUT2D eigenvalue weighted by molar-refractivity contribution is -0.133. The van der Waals surface area contributed by atoms with E-state index in [1.165, 1.54) is 10.4 Å². The van der Waals surface area contributed by atoms with E-state index >= 15 is 0 Å². The third-order valence-corrected chi connectivity index (χ3v) is 7.99. The van der Waals surface area contributed by atoms with Gasteiger partial charge in [-0.1, -0.05) is 23.7 Å². The van der Waals surface area contributed by atoms with Gasteiger partial charge in [-0.3, -0.25) is 19.4 Å². The first-order valence-corrected chi connectivity index (χ1v) is 12.7. The number of piperazine rings is 1. The molecule has 35 heavy (non-hydrogen) atoms. The topological polar surface area (TPSA) is 79.0 Å². The molecule has 1 fully saturated rings. The van der Waals surface area contributed by atoms with Gasteiger partial charge < -0.3 is 4.90 Å². The fourth-order valence-electron chi connectivity index (χ4n) is 4.57. The second-order valence-electron chi connectivity index (χ2n) is 8.70. The van der Waals surface area contributed by atoms with Crippen molar-refractivity contribution in [3.05, 3.63) is 69.1 Å². The standard InChI is InChI=1S/C25H26ClN7OS/c1-5-27-32-12-10-31(11-13-32)21(34)14-20-24-30-29-17(4)33(24)25-22(15(2)16(3)35-25)23(28-20)18-6-8-19(26)9-7-18/h6-9,20H,1,10-14H2,2-4H3. The summed E-state index contributed by atoms with van der Waals surface area (Å²) in [5, 5.41) is 16.5. The van der Waals surface area contributed by atoms with Crippen molar-refractivity contribution in [1.82, 2.24) is 24.7 Å². The average Bonchev–Trinajstić information content (AvgIpc) is 3.32. The number of hydrogen-bond donors (Lipinski definition) is 0. The zero-order valence-electron chi connectivity index (χ0n) is 20.0. The van der Waals surface area contributed by atoms with Crippen molar-refractivity contribution in [3.8, 4) is 5.00 Å². The van der Waals surface area contributed by atoms with E-state index in [1.54, 1.807) is 11.3 Å². The number of amides is 1. The summed E-state index contributed by atoms with van der Waals surface area (Å²) in [6.07, 6.45) is 0.215. The minimum absolute atomic E-state index is 0.0433. The maximum Gasteiger partial charge on any atom is 0.225 e. The number of halogens is 1. The molecule has 8 nitrogen and oxygen atoms in total. The van der Waals surface area contributed by atoms with E-state index in [2.05, 4.69) is 46.2 Å². The number of hydrogen-bond acceptors (Lipinski definition) is 7. The Morgan fingerprint density at radius 3 is 2.57 bits per heavy atom. The van der Waals surface area contributed by atoms with Gasteiger partial charge in [-0.25, -0.2) is 0 Å². The molecule has 180 valence electrons. The Morgan fingerprint density at radius 2 is 1.89 bits per heavy atom. The number of aromatic nitrogens is 3. The minimum atomic E-state index is -0.460. The van der Waals surface area contributed by atoms with Crippen LogP contribution >= 0.6 is 22.9 Å². The highest BCUT2D eigenvalue weighted by Crippen LogP contribution is 2.39. The number of rotatable bonds is 4. The van der Waals surface area contributed by atoms with Gasteiger partial charge in [0.15, 0.2) is 5.82 Å². The van der Waals surface area contributed by atoms with E-state index in [0.717, 1.165) is 27.7 Å². The van der Waals surface area contributed by atoms with E-state index in [4.69, 9.17) is 16.6 Å². The van der Waals surface area contributed by atoms with Crippen LogP contribution in [-0.4, -0.2) is 68.3 Å². The lowest BCUT2D eigenvalue weighted by atomic mass is 9.99. The highest BCUT2D eigenvalue weighted by atomic mass is 35.5. The Balaban J connectivity index is 1.56. The SMILES string of the molecule is C=C=NN1CCN(C(=O)CC2N=C(c3ccc(Cl)cc3)c3c(sc(C)c3C)-n3c(C)nnc32)CC1. The number of thiophene rings is 1. The predicted molar refractivity (Wildman–Crippen MR) is 139 cm³/mol. The molecule has 1 amide bonds. The first-order chi connectivity index (χ1) is 16.9. The molecule has 0 N–H and O–H groups in total. The number of benzene rings is 1. The van der Waals surface area contributed by atoms with E-state index in [1.807, 2.05) is 41.1 Å². The Labute approximate surface area is 213 Å². The summed E-state index contributed by atoms with van der Waals surface area (Å²) in [5.74, 6) is 4.08. The smallest absolute Gasteiger partial charge is 0.225 e. The van der Waals surface area contributed by atoms with Crippen LogP contribution in [-0.2, 0) is 4.79 Å². The van der Waals surface area contributed by atoms with E-state index in [-0.39, 0.29) is 12.3 Å². The molecule has 1 unspecified atom stereocenters.